The quantitative estimate of drug-likeness (QED) is 0.765. The van der Waals surface area contributed by atoms with Crippen LogP contribution < -0.4 is 4.72 Å². The van der Waals surface area contributed by atoms with Crippen LogP contribution in [-0.2, 0) is 14.9 Å². The second kappa shape index (κ2) is 5.92. The number of nitrogens with one attached hydrogen (secondary N) is 1. The topological polar surface area (TPSA) is 75.7 Å². The molecule has 1 amide bonds. The van der Waals surface area contributed by atoms with Crippen LogP contribution in [0.1, 0.15) is 27.2 Å². The number of rotatable bonds is 5. The highest BCUT2D eigenvalue weighted by atomic mass is 32.2. The summed E-state index contributed by atoms with van der Waals surface area (Å²) >= 11 is 0. The molecule has 0 aromatic rings. The van der Waals surface area contributed by atoms with Crippen LogP contribution in [0.5, 0.6) is 0 Å². The van der Waals surface area contributed by atoms with E-state index in [1.54, 1.807) is 13.8 Å². The number of hydrogen-bond acceptors (Lipinski definition) is 4. The maximum atomic E-state index is 11.6. The molecular weight excluding hydrogens is 220 g/mol. The average Bonchev–Trinajstić information content (AvgIpc) is 2.17. The summed E-state index contributed by atoms with van der Waals surface area (Å²) < 4.78 is 30.6. The summed E-state index contributed by atoms with van der Waals surface area (Å²) in [7, 11) is -2.67. The largest absolute Gasteiger partial charge is 0.452 e. The van der Waals surface area contributed by atoms with Gasteiger partial charge in [0.05, 0.1) is 7.11 Å². The van der Waals surface area contributed by atoms with Gasteiger partial charge in [-0.2, -0.15) is 12.7 Å². The minimum Gasteiger partial charge on any atom is -0.452 e. The van der Waals surface area contributed by atoms with Crippen molar-refractivity contribution < 1.29 is 17.9 Å². The summed E-state index contributed by atoms with van der Waals surface area (Å²) in [5.74, 6) is 0. The minimum atomic E-state index is -3.79. The fraction of sp³-hybridized carbons (Fsp3) is 0.875. The first kappa shape index (κ1) is 14.2. The molecule has 0 spiro atoms. The molecule has 0 heterocycles. The van der Waals surface area contributed by atoms with Crippen molar-refractivity contribution in [1.82, 2.24) is 9.03 Å². The van der Waals surface area contributed by atoms with Gasteiger partial charge < -0.3 is 4.74 Å². The van der Waals surface area contributed by atoms with Crippen LogP contribution in [0.15, 0.2) is 0 Å². The Kier molecular flexibility index (Phi) is 5.59. The molecule has 90 valence electrons. The fourth-order valence-electron chi connectivity index (χ4n) is 1.13. The molecule has 1 atom stereocenters. The first-order valence-electron chi connectivity index (χ1n) is 4.76. The number of carbonyl (C=O) groups excluding carboxylic acids is 1. The van der Waals surface area contributed by atoms with Gasteiger partial charge in [0.25, 0.3) is 0 Å². The summed E-state index contributed by atoms with van der Waals surface area (Å²) in [4.78, 5) is 10.8. The first-order valence-corrected chi connectivity index (χ1v) is 6.20. The maximum Gasteiger partial charge on any atom is 0.421 e. The van der Waals surface area contributed by atoms with Crippen molar-refractivity contribution in [1.29, 1.82) is 0 Å². The van der Waals surface area contributed by atoms with Crippen LogP contribution >= 0.6 is 0 Å². The Morgan fingerprint density at radius 2 is 2.00 bits per heavy atom. The van der Waals surface area contributed by atoms with Crippen molar-refractivity contribution in [3.63, 3.8) is 0 Å². The Labute approximate surface area is 90.8 Å². The molecule has 0 saturated carbocycles. The number of amides is 1. The number of ether oxygens (including phenoxy) is 1. The molecule has 0 aromatic heterocycles. The predicted molar refractivity (Wildman–Crippen MR) is 56.6 cm³/mol. The third kappa shape index (κ3) is 4.05. The Bertz CT molecular complexity index is 302. The van der Waals surface area contributed by atoms with Gasteiger partial charge in [-0.05, 0) is 13.3 Å². The Morgan fingerprint density at radius 3 is 2.33 bits per heavy atom. The van der Waals surface area contributed by atoms with Gasteiger partial charge in [0.15, 0.2) is 0 Å². The maximum absolute atomic E-state index is 11.6. The molecule has 0 aliphatic heterocycles. The van der Waals surface area contributed by atoms with Gasteiger partial charge in [0.1, 0.15) is 0 Å². The van der Waals surface area contributed by atoms with E-state index in [0.29, 0.717) is 13.0 Å². The van der Waals surface area contributed by atoms with Crippen molar-refractivity contribution in [3.05, 3.63) is 0 Å². The standard InChI is InChI=1S/C8H18N2O4S/c1-5-7(3)10(6-2)15(12,13)9-8(11)14-4/h7H,5-6H2,1-4H3,(H,9,11). The molecule has 0 aromatic carbocycles. The molecule has 1 N–H and O–H groups in total. The van der Waals surface area contributed by atoms with E-state index < -0.39 is 16.3 Å². The number of carbonyl (C=O) groups is 1. The lowest BCUT2D eigenvalue weighted by Gasteiger charge is -2.25. The van der Waals surface area contributed by atoms with E-state index in [0.717, 1.165) is 7.11 Å². The Balaban J connectivity index is 4.74. The molecule has 0 radical (unpaired) electrons. The van der Waals surface area contributed by atoms with Gasteiger partial charge in [-0.1, -0.05) is 13.8 Å². The first-order chi connectivity index (χ1) is 6.88. The van der Waals surface area contributed by atoms with Crippen LogP contribution in [0.4, 0.5) is 4.79 Å². The van der Waals surface area contributed by atoms with Crippen LogP contribution in [0.25, 0.3) is 0 Å². The molecule has 0 bridgehead atoms. The van der Waals surface area contributed by atoms with Gasteiger partial charge >= 0.3 is 16.3 Å². The van der Waals surface area contributed by atoms with E-state index in [4.69, 9.17) is 0 Å². The van der Waals surface area contributed by atoms with Crippen molar-refractivity contribution in [2.75, 3.05) is 13.7 Å². The number of nitrogens with zero attached hydrogens (tertiary/aromatic N) is 1. The normalized spacial score (nSPS) is 13.7. The highest BCUT2D eigenvalue weighted by Crippen LogP contribution is 2.07. The molecule has 6 nitrogen and oxygen atoms in total. The molecule has 15 heavy (non-hydrogen) atoms. The lowest BCUT2D eigenvalue weighted by atomic mass is 10.3. The summed E-state index contributed by atoms with van der Waals surface area (Å²) in [6.45, 7) is 5.67. The van der Waals surface area contributed by atoms with E-state index in [1.807, 2.05) is 11.6 Å². The third-order valence-electron chi connectivity index (χ3n) is 2.10. The summed E-state index contributed by atoms with van der Waals surface area (Å²) in [5.41, 5.74) is 0. The van der Waals surface area contributed by atoms with E-state index in [-0.39, 0.29) is 6.04 Å². The van der Waals surface area contributed by atoms with Gasteiger partial charge in [0, 0.05) is 12.6 Å². The predicted octanol–water partition coefficient (Wildman–Crippen LogP) is 0.708. The van der Waals surface area contributed by atoms with E-state index >= 15 is 0 Å². The SMILES string of the molecule is CCC(C)N(CC)S(=O)(=O)NC(=O)OC. The summed E-state index contributed by atoms with van der Waals surface area (Å²) in [6.07, 6.45) is -0.299. The molecular formula is C8H18N2O4S. The smallest absolute Gasteiger partial charge is 0.421 e. The molecule has 1 unspecified atom stereocenters. The summed E-state index contributed by atoms with van der Waals surface area (Å²) in [5, 5.41) is 0. The second-order valence-corrected chi connectivity index (χ2v) is 4.68. The molecule has 0 aliphatic rings. The zero-order valence-corrected chi connectivity index (χ0v) is 10.3. The zero-order chi connectivity index (χ0) is 12.1. The van der Waals surface area contributed by atoms with Crippen LogP contribution in [0.2, 0.25) is 0 Å². The molecule has 0 saturated heterocycles. The number of methoxy groups -OCH3 is 1. The lowest BCUT2D eigenvalue weighted by Crippen LogP contribution is -2.47. The van der Waals surface area contributed by atoms with Gasteiger partial charge in [-0.3, -0.25) is 0 Å². The molecule has 7 heteroatoms. The van der Waals surface area contributed by atoms with Crippen molar-refractivity contribution in [2.45, 2.75) is 33.2 Å². The monoisotopic (exact) mass is 238 g/mol. The molecule has 0 aliphatic carbocycles. The van der Waals surface area contributed by atoms with E-state index in [1.165, 1.54) is 4.31 Å². The Morgan fingerprint density at radius 1 is 1.47 bits per heavy atom. The summed E-state index contributed by atoms with van der Waals surface area (Å²) in [6, 6.07) is -0.155. The van der Waals surface area contributed by atoms with Gasteiger partial charge in [-0.25, -0.2) is 9.52 Å². The average molecular weight is 238 g/mol. The van der Waals surface area contributed by atoms with E-state index in [2.05, 4.69) is 4.74 Å². The second-order valence-electron chi connectivity index (χ2n) is 3.06. The van der Waals surface area contributed by atoms with Crippen LogP contribution in [-0.4, -0.2) is 38.5 Å². The van der Waals surface area contributed by atoms with Crippen LogP contribution in [0.3, 0.4) is 0 Å². The van der Waals surface area contributed by atoms with Gasteiger partial charge in [-0.15, -0.1) is 0 Å². The minimum absolute atomic E-state index is 0.155. The van der Waals surface area contributed by atoms with E-state index in [9.17, 15) is 13.2 Å². The lowest BCUT2D eigenvalue weighted by molar-refractivity contribution is 0.176. The Hall–Kier alpha value is -0.820. The highest BCUT2D eigenvalue weighted by molar-refractivity contribution is 7.87. The molecule has 0 rings (SSSR count). The van der Waals surface area contributed by atoms with Gasteiger partial charge in [0.2, 0.25) is 0 Å². The molecule has 0 fully saturated rings. The van der Waals surface area contributed by atoms with Crippen molar-refractivity contribution in [2.24, 2.45) is 0 Å². The third-order valence-corrected chi connectivity index (χ3v) is 3.76. The van der Waals surface area contributed by atoms with Crippen LogP contribution in [0, 0.1) is 0 Å². The van der Waals surface area contributed by atoms with Crippen molar-refractivity contribution >= 4 is 16.3 Å². The fourth-order valence-corrected chi connectivity index (χ4v) is 2.50. The highest BCUT2D eigenvalue weighted by Gasteiger charge is 2.26. The number of hydrogen-bond donors (Lipinski definition) is 1. The zero-order valence-electron chi connectivity index (χ0n) is 9.48. The van der Waals surface area contributed by atoms with Crippen molar-refractivity contribution in [3.8, 4) is 0 Å².